The van der Waals surface area contributed by atoms with E-state index in [0.717, 1.165) is 35.7 Å². The summed E-state index contributed by atoms with van der Waals surface area (Å²) >= 11 is 0. The van der Waals surface area contributed by atoms with Gasteiger partial charge in [0.1, 0.15) is 5.75 Å². The van der Waals surface area contributed by atoms with Gasteiger partial charge in [-0.1, -0.05) is 44.7 Å². The number of hydrogen-bond donors (Lipinski definition) is 2. The Morgan fingerprint density at radius 1 is 0.963 bits per heavy atom. The SMILES string of the molecule is CCCCCCCOc1ccc(NC(=O)CNc2cc(C)ccc2C)cc1. The molecule has 0 heterocycles. The van der Waals surface area contributed by atoms with E-state index in [0.29, 0.717) is 0 Å². The second-order valence-corrected chi connectivity index (χ2v) is 7.01. The molecule has 4 nitrogen and oxygen atoms in total. The minimum atomic E-state index is -0.0690. The lowest BCUT2D eigenvalue weighted by molar-refractivity contribution is -0.114. The lowest BCUT2D eigenvalue weighted by Crippen LogP contribution is -2.22. The molecule has 0 aliphatic carbocycles. The Balaban J connectivity index is 1.72. The second-order valence-electron chi connectivity index (χ2n) is 7.01. The maximum atomic E-state index is 12.2. The molecule has 0 atom stereocenters. The quantitative estimate of drug-likeness (QED) is 0.500. The van der Waals surface area contributed by atoms with Crippen molar-refractivity contribution >= 4 is 17.3 Å². The van der Waals surface area contributed by atoms with Crippen molar-refractivity contribution < 1.29 is 9.53 Å². The van der Waals surface area contributed by atoms with E-state index in [1.165, 1.54) is 31.2 Å². The van der Waals surface area contributed by atoms with E-state index < -0.39 is 0 Å². The molecular formula is C23H32N2O2. The van der Waals surface area contributed by atoms with Crippen LogP contribution in [0.3, 0.4) is 0 Å². The molecule has 0 fully saturated rings. The molecule has 0 spiro atoms. The summed E-state index contributed by atoms with van der Waals surface area (Å²) in [6.07, 6.45) is 6.14. The molecule has 0 saturated carbocycles. The number of anilines is 2. The van der Waals surface area contributed by atoms with Gasteiger partial charge < -0.3 is 15.4 Å². The van der Waals surface area contributed by atoms with Crippen molar-refractivity contribution in [3.8, 4) is 5.75 Å². The predicted octanol–water partition coefficient (Wildman–Crippen LogP) is 5.70. The number of nitrogens with one attached hydrogen (secondary N) is 2. The average Bonchev–Trinajstić information content (AvgIpc) is 2.66. The van der Waals surface area contributed by atoms with Gasteiger partial charge >= 0.3 is 0 Å². The summed E-state index contributed by atoms with van der Waals surface area (Å²) in [7, 11) is 0. The Bertz CT molecular complexity index is 711. The molecule has 0 saturated heterocycles. The molecule has 1 amide bonds. The molecule has 4 heteroatoms. The third kappa shape index (κ3) is 7.73. The average molecular weight is 369 g/mol. The van der Waals surface area contributed by atoms with Gasteiger partial charge in [0.2, 0.25) is 5.91 Å². The highest BCUT2D eigenvalue weighted by Crippen LogP contribution is 2.18. The zero-order valence-corrected chi connectivity index (χ0v) is 16.8. The Labute approximate surface area is 163 Å². The zero-order chi connectivity index (χ0) is 19.5. The number of amides is 1. The molecule has 0 aromatic heterocycles. The van der Waals surface area contributed by atoms with E-state index in [2.05, 4.69) is 35.8 Å². The van der Waals surface area contributed by atoms with Crippen molar-refractivity contribution in [2.24, 2.45) is 0 Å². The first-order valence-electron chi connectivity index (χ1n) is 9.92. The molecule has 0 radical (unpaired) electrons. The molecular weight excluding hydrogens is 336 g/mol. The lowest BCUT2D eigenvalue weighted by Gasteiger charge is -2.11. The largest absolute Gasteiger partial charge is 0.494 e. The van der Waals surface area contributed by atoms with Crippen LogP contribution in [-0.2, 0) is 4.79 Å². The first-order chi connectivity index (χ1) is 13.1. The van der Waals surface area contributed by atoms with Crippen molar-refractivity contribution in [3.05, 3.63) is 53.6 Å². The molecule has 27 heavy (non-hydrogen) atoms. The fraction of sp³-hybridized carbons (Fsp3) is 0.435. The van der Waals surface area contributed by atoms with Crippen LogP contribution in [0.4, 0.5) is 11.4 Å². The van der Waals surface area contributed by atoms with Crippen LogP contribution in [0.1, 0.15) is 50.2 Å². The topological polar surface area (TPSA) is 50.4 Å². The van der Waals surface area contributed by atoms with E-state index in [1.807, 2.05) is 38.1 Å². The number of aryl methyl sites for hydroxylation is 2. The van der Waals surface area contributed by atoms with Gasteiger partial charge in [0, 0.05) is 11.4 Å². The summed E-state index contributed by atoms with van der Waals surface area (Å²) < 4.78 is 5.75. The van der Waals surface area contributed by atoms with Gasteiger partial charge in [-0.25, -0.2) is 0 Å². The molecule has 0 aliphatic rings. The van der Waals surface area contributed by atoms with Crippen LogP contribution >= 0.6 is 0 Å². The van der Waals surface area contributed by atoms with Gasteiger partial charge in [0.25, 0.3) is 0 Å². The van der Waals surface area contributed by atoms with Crippen molar-refractivity contribution in [3.63, 3.8) is 0 Å². The molecule has 2 aromatic rings. The second kappa shape index (κ2) is 11.3. The van der Waals surface area contributed by atoms with Crippen molar-refractivity contribution in [1.82, 2.24) is 0 Å². The summed E-state index contributed by atoms with van der Waals surface area (Å²) in [6.45, 7) is 7.27. The Hall–Kier alpha value is -2.49. The van der Waals surface area contributed by atoms with E-state index in [-0.39, 0.29) is 12.5 Å². The van der Waals surface area contributed by atoms with Crippen LogP contribution in [0.5, 0.6) is 5.75 Å². The first kappa shape index (κ1) is 20.8. The van der Waals surface area contributed by atoms with Crippen molar-refractivity contribution in [2.45, 2.75) is 52.9 Å². The Morgan fingerprint density at radius 2 is 1.70 bits per heavy atom. The van der Waals surface area contributed by atoms with E-state index in [1.54, 1.807) is 0 Å². The summed E-state index contributed by atoms with van der Waals surface area (Å²) in [5, 5.41) is 6.10. The maximum Gasteiger partial charge on any atom is 0.243 e. The van der Waals surface area contributed by atoms with E-state index >= 15 is 0 Å². The van der Waals surface area contributed by atoms with Crippen LogP contribution in [0.25, 0.3) is 0 Å². The molecule has 2 N–H and O–H groups in total. The van der Waals surface area contributed by atoms with E-state index in [9.17, 15) is 4.79 Å². The number of ether oxygens (including phenoxy) is 1. The summed E-state index contributed by atoms with van der Waals surface area (Å²) in [5.74, 6) is 0.775. The fourth-order valence-electron chi connectivity index (χ4n) is 2.84. The molecule has 0 aliphatic heterocycles. The number of rotatable bonds is 11. The summed E-state index contributed by atoms with van der Waals surface area (Å²) in [5.41, 5.74) is 4.07. The third-order valence-corrected chi connectivity index (χ3v) is 4.49. The predicted molar refractivity (Wildman–Crippen MR) is 114 cm³/mol. The monoisotopic (exact) mass is 368 g/mol. The number of benzene rings is 2. The van der Waals surface area contributed by atoms with Crippen LogP contribution in [0, 0.1) is 13.8 Å². The highest BCUT2D eigenvalue weighted by molar-refractivity contribution is 5.93. The Kier molecular flexibility index (Phi) is 8.69. The van der Waals surface area contributed by atoms with Gasteiger partial charge in [-0.2, -0.15) is 0 Å². The first-order valence-corrected chi connectivity index (χ1v) is 9.92. The molecule has 2 rings (SSSR count). The molecule has 2 aromatic carbocycles. The van der Waals surface area contributed by atoms with Crippen molar-refractivity contribution in [2.75, 3.05) is 23.8 Å². The minimum Gasteiger partial charge on any atom is -0.494 e. The van der Waals surface area contributed by atoms with Crippen LogP contribution in [0.2, 0.25) is 0 Å². The van der Waals surface area contributed by atoms with Crippen LogP contribution in [0.15, 0.2) is 42.5 Å². The van der Waals surface area contributed by atoms with Gasteiger partial charge in [-0.05, 0) is 61.7 Å². The third-order valence-electron chi connectivity index (χ3n) is 4.49. The highest BCUT2D eigenvalue weighted by atomic mass is 16.5. The maximum absolute atomic E-state index is 12.2. The van der Waals surface area contributed by atoms with Gasteiger partial charge in [-0.15, -0.1) is 0 Å². The standard InChI is InChI=1S/C23H32N2O2/c1-4-5-6-7-8-15-27-21-13-11-20(12-14-21)25-23(26)17-24-22-16-18(2)9-10-19(22)3/h9-14,16,24H,4-8,15,17H2,1-3H3,(H,25,26). The van der Waals surface area contributed by atoms with Crippen LogP contribution < -0.4 is 15.4 Å². The van der Waals surface area contributed by atoms with Gasteiger partial charge in [0.15, 0.2) is 0 Å². The number of carbonyl (C=O) groups excluding carboxylic acids is 1. The zero-order valence-electron chi connectivity index (χ0n) is 16.8. The molecule has 0 unspecified atom stereocenters. The minimum absolute atomic E-state index is 0.0690. The fourth-order valence-corrected chi connectivity index (χ4v) is 2.84. The van der Waals surface area contributed by atoms with Crippen molar-refractivity contribution in [1.29, 1.82) is 0 Å². The molecule has 0 bridgehead atoms. The van der Waals surface area contributed by atoms with E-state index in [4.69, 9.17) is 4.74 Å². The van der Waals surface area contributed by atoms with Gasteiger partial charge in [0.05, 0.1) is 13.2 Å². The molecule has 146 valence electrons. The normalized spacial score (nSPS) is 10.5. The smallest absolute Gasteiger partial charge is 0.243 e. The number of unbranched alkanes of at least 4 members (excludes halogenated alkanes) is 4. The lowest BCUT2D eigenvalue weighted by atomic mass is 10.1. The number of carbonyl (C=O) groups is 1. The highest BCUT2D eigenvalue weighted by Gasteiger charge is 2.05. The summed E-state index contributed by atoms with van der Waals surface area (Å²) in [4.78, 5) is 12.2. The Morgan fingerprint density at radius 3 is 2.44 bits per heavy atom. The summed E-state index contributed by atoms with van der Waals surface area (Å²) in [6, 6.07) is 13.7. The van der Waals surface area contributed by atoms with Crippen LogP contribution in [-0.4, -0.2) is 19.1 Å². The van der Waals surface area contributed by atoms with Gasteiger partial charge in [-0.3, -0.25) is 4.79 Å². The number of hydrogen-bond acceptors (Lipinski definition) is 3.